The first-order valence-electron chi connectivity index (χ1n) is 12.0. The SMILES string of the molecule is C=C/C=C(\C1=C(C)NC(c2[nH]nc3ncc(C(=C/C)/C=C(\C=C)N(C)C)c(F)c23)=CC1)c1ccccn1. The summed E-state index contributed by atoms with van der Waals surface area (Å²) in [5, 5.41) is 11.1. The number of rotatable bonds is 8. The topological polar surface area (TPSA) is 69.7 Å². The lowest BCUT2D eigenvalue weighted by molar-refractivity contribution is 0.530. The molecule has 1 aliphatic heterocycles. The van der Waals surface area contributed by atoms with Gasteiger partial charge in [-0.1, -0.05) is 43.5 Å². The first-order valence-corrected chi connectivity index (χ1v) is 12.0. The molecule has 3 aromatic heterocycles. The highest BCUT2D eigenvalue weighted by Gasteiger charge is 2.23. The van der Waals surface area contributed by atoms with Crippen molar-refractivity contribution in [3.63, 3.8) is 0 Å². The molecule has 0 fully saturated rings. The van der Waals surface area contributed by atoms with Crippen LogP contribution in [0.5, 0.6) is 0 Å². The van der Waals surface area contributed by atoms with Gasteiger partial charge in [-0.05, 0) is 55.7 Å². The molecule has 6 nitrogen and oxygen atoms in total. The average Bonchev–Trinajstić information content (AvgIpc) is 3.34. The minimum Gasteiger partial charge on any atom is -0.378 e. The van der Waals surface area contributed by atoms with E-state index in [1.807, 2.05) is 75.3 Å². The number of H-pyrrole nitrogens is 1. The van der Waals surface area contributed by atoms with Crippen molar-refractivity contribution in [1.82, 2.24) is 30.4 Å². The average molecular weight is 495 g/mol. The Labute approximate surface area is 217 Å². The molecule has 0 amide bonds. The molecule has 4 rings (SSSR count). The maximum atomic E-state index is 16.0. The second-order valence-electron chi connectivity index (χ2n) is 8.78. The number of dihydropyridines is 1. The van der Waals surface area contributed by atoms with Crippen LogP contribution >= 0.6 is 0 Å². The van der Waals surface area contributed by atoms with Gasteiger partial charge in [0, 0.05) is 49.0 Å². The van der Waals surface area contributed by atoms with Gasteiger partial charge in [0.2, 0.25) is 0 Å². The van der Waals surface area contributed by atoms with Gasteiger partial charge < -0.3 is 10.2 Å². The van der Waals surface area contributed by atoms with Gasteiger partial charge in [-0.25, -0.2) is 9.37 Å². The third-order valence-electron chi connectivity index (χ3n) is 6.28. The van der Waals surface area contributed by atoms with E-state index >= 15 is 4.39 Å². The van der Waals surface area contributed by atoms with Gasteiger partial charge in [0.25, 0.3) is 0 Å². The zero-order valence-corrected chi connectivity index (χ0v) is 21.6. The van der Waals surface area contributed by atoms with E-state index in [0.29, 0.717) is 34.3 Å². The van der Waals surface area contributed by atoms with Crippen LogP contribution in [0.3, 0.4) is 0 Å². The number of aromatic nitrogens is 4. The normalized spacial score (nSPS) is 14.9. The fourth-order valence-electron chi connectivity index (χ4n) is 4.34. The Hall–Kier alpha value is -4.52. The van der Waals surface area contributed by atoms with E-state index in [0.717, 1.165) is 33.9 Å². The number of aromatic amines is 1. The summed E-state index contributed by atoms with van der Waals surface area (Å²) in [6, 6.07) is 5.82. The fourth-order valence-corrected chi connectivity index (χ4v) is 4.34. The molecule has 0 atom stereocenters. The lowest BCUT2D eigenvalue weighted by Gasteiger charge is -2.22. The van der Waals surface area contributed by atoms with E-state index in [9.17, 15) is 0 Å². The summed E-state index contributed by atoms with van der Waals surface area (Å²) in [4.78, 5) is 10.9. The Morgan fingerprint density at radius 2 is 2.00 bits per heavy atom. The fraction of sp³-hybridized carbons (Fsp3) is 0.167. The molecule has 0 saturated heterocycles. The maximum Gasteiger partial charge on any atom is 0.184 e. The quantitative estimate of drug-likeness (QED) is 0.355. The number of halogens is 1. The van der Waals surface area contributed by atoms with E-state index in [1.165, 1.54) is 6.20 Å². The Balaban J connectivity index is 1.74. The highest BCUT2D eigenvalue weighted by molar-refractivity contribution is 5.93. The summed E-state index contributed by atoms with van der Waals surface area (Å²) in [7, 11) is 3.84. The van der Waals surface area contributed by atoms with Crippen molar-refractivity contribution < 1.29 is 4.39 Å². The van der Waals surface area contributed by atoms with Crippen molar-refractivity contribution in [2.24, 2.45) is 0 Å². The molecule has 188 valence electrons. The van der Waals surface area contributed by atoms with Crippen molar-refractivity contribution in [2.75, 3.05) is 14.1 Å². The molecule has 0 radical (unpaired) electrons. The van der Waals surface area contributed by atoms with Crippen molar-refractivity contribution in [3.05, 3.63) is 120 Å². The lowest BCUT2D eigenvalue weighted by atomic mass is 9.93. The number of hydrogen-bond donors (Lipinski definition) is 2. The van der Waals surface area contributed by atoms with E-state index < -0.39 is 0 Å². The first-order chi connectivity index (χ1) is 17.9. The predicted molar refractivity (Wildman–Crippen MR) is 150 cm³/mol. The zero-order chi connectivity index (χ0) is 26.5. The predicted octanol–water partition coefficient (Wildman–Crippen LogP) is 6.40. The molecule has 3 aromatic rings. The van der Waals surface area contributed by atoms with Crippen LogP contribution in [-0.4, -0.2) is 39.2 Å². The van der Waals surface area contributed by atoms with Crippen LogP contribution in [0.1, 0.15) is 37.2 Å². The molecule has 0 bridgehead atoms. The molecule has 1 aliphatic rings. The number of nitrogens with zero attached hydrogens (tertiary/aromatic N) is 4. The number of fused-ring (bicyclic) bond motifs is 1. The summed E-state index contributed by atoms with van der Waals surface area (Å²) in [6.45, 7) is 11.6. The molecule has 0 aliphatic carbocycles. The van der Waals surface area contributed by atoms with Crippen LogP contribution in [0.4, 0.5) is 4.39 Å². The van der Waals surface area contributed by atoms with Crippen molar-refractivity contribution in [3.8, 4) is 0 Å². The summed E-state index contributed by atoms with van der Waals surface area (Å²) in [5.74, 6) is -0.379. The third kappa shape index (κ3) is 5.07. The standard InChI is InChI=1S/C30H31FN6/c1-7-12-23(25-13-10-11-16-32-25)22-14-15-26(34-19(22)4)29-27-28(31)24(18-33-30(27)36-35-29)20(8-2)17-21(9-3)37(5)6/h7-13,15-18,34H,1,3,14H2,2,4-6H3,(H,33,35,36)/b20-8+,21-17+,23-12+. The second kappa shape index (κ2) is 11.0. The van der Waals surface area contributed by atoms with Gasteiger partial charge in [0.1, 0.15) is 5.82 Å². The summed E-state index contributed by atoms with van der Waals surface area (Å²) < 4.78 is 16.0. The molecule has 7 heteroatoms. The molecular weight excluding hydrogens is 463 g/mol. The number of likely N-dealkylation sites (N-methyl/N-ethyl adjacent to an activating group) is 1. The van der Waals surface area contributed by atoms with Gasteiger partial charge in [0.05, 0.1) is 22.5 Å². The third-order valence-corrected chi connectivity index (χ3v) is 6.28. The van der Waals surface area contributed by atoms with Gasteiger partial charge in [-0.2, -0.15) is 5.10 Å². The highest BCUT2D eigenvalue weighted by atomic mass is 19.1. The van der Waals surface area contributed by atoms with E-state index in [2.05, 4.69) is 38.6 Å². The van der Waals surface area contributed by atoms with Crippen molar-refractivity contribution >= 4 is 27.9 Å². The number of hydrogen-bond acceptors (Lipinski definition) is 5. The Morgan fingerprint density at radius 3 is 2.62 bits per heavy atom. The monoisotopic (exact) mass is 494 g/mol. The summed E-state index contributed by atoms with van der Waals surface area (Å²) >= 11 is 0. The molecule has 0 saturated carbocycles. The van der Waals surface area contributed by atoms with Crippen molar-refractivity contribution in [1.29, 1.82) is 0 Å². The Morgan fingerprint density at radius 1 is 1.19 bits per heavy atom. The van der Waals surface area contributed by atoms with E-state index in [1.54, 1.807) is 18.3 Å². The van der Waals surface area contributed by atoms with Crippen LogP contribution in [0.15, 0.2) is 97.2 Å². The van der Waals surface area contributed by atoms with E-state index in [-0.39, 0.29) is 5.82 Å². The first kappa shape index (κ1) is 25.6. The smallest absolute Gasteiger partial charge is 0.184 e. The van der Waals surface area contributed by atoms with E-state index in [4.69, 9.17) is 0 Å². The molecule has 2 N–H and O–H groups in total. The molecule has 0 unspecified atom stereocenters. The Bertz CT molecular complexity index is 1500. The molecule has 4 heterocycles. The second-order valence-corrected chi connectivity index (χ2v) is 8.78. The molecule has 0 spiro atoms. The van der Waals surface area contributed by atoms with Crippen LogP contribution < -0.4 is 5.32 Å². The minimum absolute atomic E-state index is 0.322. The van der Waals surface area contributed by atoms with Gasteiger partial charge >= 0.3 is 0 Å². The molecule has 37 heavy (non-hydrogen) atoms. The van der Waals surface area contributed by atoms with Gasteiger partial charge in [0.15, 0.2) is 5.65 Å². The lowest BCUT2D eigenvalue weighted by Crippen LogP contribution is -2.17. The zero-order valence-electron chi connectivity index (χ0n) is 21.6. The minimum atomic E-state index is -0.379. The summed E-state index contributed by atoms with van der Waals surface area (Å²) in [5.41, 5.74) is 7.49. The Kier molecular flexibility index (Phi) is 7.63. The van der Waals surface area contributed by atoms with Crippen LogP contribution in [0.25, 0.3) is 27.9 Å². The highest BCUT2D eigenvalue weighted by Crippen LogP contribution is 2.34. The molecular formula is C30H31FN6. The molecule has 0 aromatic carbocycles. The van der Waals surface area contributed by atoms with Crippen LogP contribution in [-0.2, 0) is 0 Å². The van der Waals surface area contributed by atoms with Crippen molar-refractivity contribution in [2.45, 2.75) is 20.3 Å². The largest absolute Gasteiger partial charge is 0.378 e. The number of nitrogens with one attached hydrogen (secondary N) is 2. The number of allylic oxidation sites excluding steroid dienone is 10. The van der Waals surface area contributed by atoms with Crippen LogP contribution in [0.2, 0.25) is 0 Å². The summed E-state index contributed by atoms with van der Waals surface area (Å²) in [6.07, 6.45) is 15.2. The van der Waals surface area contributed by atoms with Gasteiger partial charge in [-0.15, -0.1) is 0 Å². The van der Waals surface area contributed by atoms with Gasteiger partial charge in [-0.3, -0.25) is 10.1 Å². The van der Waals surface area contributed by atoms with Crippen LogP contribution in [0, 0.1) is 5.82 Å². The number of pyridine rings is 2. The maximum absolute atomic E-state index is 16.0.